The fourth-order valence-electron chi connectivity index (χ4n) is 2.59. The molecule has 1 saturated carbocycles. The van der Waals surface area contributed by atoms with Crippen LogP contribution in [0.5, 0.6) is 0 Å². The first kappa shape index (κ1) is 14.8. The van der Waals surface area contributed by atoms with Gasteiger partial charge in [0.25, 0.3) is 0 Å². The first-order chi connectivity index (χ1) is 9.34. The van der Waals surface area contributed by atoms with E-state index in [0.29, 0.717) is 19.3 Å². The van der Waals surface area contributed by atoms with Crippen molar-refractivity contribution in [3.63, 3.8) is 0 Å². The second-order valence-corrected chi connectivity index (χ2v) is 7.09. The molecule has 0 heterocycles. The van der Waals surface area contributed by atoms with Crippen LogP contribution in [0.1, 0.15) is 19.3 Å². The lowest BCUT2D eigenvalue weighted by atomic mass is 10.1. The van der Waals surface area contributed by atoms with Gasteiger partial charge in [-0.05, 0) is 31.0 Å². The number of aliphatic carboxylic acids is 1. The van der Waals surface area contributed by atoms with E-state index < -0.39 is 33.0 Å². The highest BCUT2D eigenvalue weighted by atomic mass is 32.2. The van der Waals surface area contributed by atoms with Gasteiger partial charge in [-0.1, -0.05) is 12.5 Å². The van der Waals surface area contributed by atoms with Gasteiger partial charge in [0.05, 0.1) is 16.9 Å². The van der Waals surface area contributed by atoms with Gasteiger partial charge in [-0.3, -0.25) is 9.10 Å². The summed E-state index contributed by atoms with van der Waals surface area (Å²) in [4.78, 5) is 11.1. The molecule has 0 radical (unpaired) electrons. The predicted molar refractivity (Wildman–Crippen MR) is 72.5 cm³/mol. The zero-order chi connectivity index (χ0) is 14.9. The van der Waals surface area contributed by atoms with Crippen molar-refractivity contribution in [2.45, 2.75) is 24.5 Å². The lowest BCUT2D eigenvalue weighted by molar-refractivity contribution is -0.141. The lowest BCUT2D eigenvalue weighted by Crippen LogP contribution is -2.40. The molecule has 5 nitrogen and oxygen atoms in total. The molecule has 2 atom stereocenters. The summed E-state index contributed by atoms with van der Waals surface area (Å²) in [5, 5.41) is 8.15. The summed E-state index contributed by atoms with van der Waals surface area (Å²) in [6, 6.07) is 5.23. The average Bonchev–Trinajstić information content (AvgIpc) is 2.87. The van der Waals surface area contributed by atoms with Crippen molar-refractivity contribution in [1.82, 2.24) is 0 Å². The van der Waals surface area contributed by atoms with Crippen LogP contribution in [0.25, 0.3) is 0 Å². The Bertz CT molecular complexity index is 617. The first-order valence-corrected chi connectivity index (χ1v) is 7.80. The Balaban J connectivity index is 2.32. The summed E-state index contributed by atoms with van der Waals surface area (Å²) in [7, 11) is -2.50. The summed E-state index contributed by atoms with van der Waals surface area (Å²) in [5.74, 6) is -2.52. The molecule has 0 aromatic heterocycles. The molecular formula is C13H16FNO4S. The quantitative estimate of drug-likeness (QED) is 0.921. The molecule has 2 unspecified atom stereocenters. The van der Waals surface area contributed by atoms with E-state index in [1.165, 1.54) is 25.2 Å². The van der Waals surface area contributed by atoms with Crippen LogP contribution in [-0.2, 0) is 14.8 Å². The third-order valence-corrected chi connectivity index (χ3v) is 6.01. The van der Waals surface area contributed by atoms with Crippen LogP contribution in [0.3, 0.4) is 0 Å². The number of sulfonamides is 1. The van der Waals surface area contributed by atoms with Crippen LogP contribution in [0.4, 0.5) is 10.1 Å². The minimum absolute atomic E-state index is 0.195. The number of hydrogen-bond acceptors (Lipinski definition) is 3. The van der Waals surface area contributed by atoms with Gasteiger partial charge in [0.2, 0.25) is 10.0 Å². The van der Waals surface area contributed by atoms with E-state index in [2.05, 4.69) is 0 Å². The summed E-state index contributed by atoms with van der Waals surface area (Å²) < 4.78 is 39.2. The Hall–Kier alpha value is -1.63. The van der Waals surface area contributed by atoms with Gasteiger partial charge in [0.1, 0.15) is 5.82 Å². The molecule has 20 heavy (non-hydrogen) atoms. The molecule has 1 fully saturated rings. The number of carboxylic acid groups (broad SMARTS) is 1. The van der Waals surface area contributed by atoms with Gasteiger partial charge in [-0.2, -0.15) is 0 Å². The van der Waals surface area contributed by atoms with Crippen molar-refractivity contribution in [1.29, 1.82) is 0 Å². The van der Waals surface area contributed by atoms with Gasteiger partial charge in [0, 0.05) is 7.05 Å². The summed E-state index contributed by atoms with van der Waals surface area (Å²) in [6.07, 6.45) is 1.24. The van der Waals surface area contributed by atoms with Crippen LogP contribution in [0.15, 0.2) is 24.3 Å². The average molecular weight is 301 g/mol. The Morgan fingerprint density at radius 2 is 2.10 bits per heavy atom. The Morgan fingerprint density at radius 3 is 2.70 bits per heavy atom. The van der Waals surface area contributed by atoms with Crippen molar-refractivity contribution < 1.29 is 22.7 Å². The topological polar surface area (TPSA) is 74.7 Å². The largest absolute Gasteiger partial charge is 0.481 e. The number of rotatable bonds is 4. The maximum absolute atomic E-state index is 13.2. The maximum atomic E-state index is 13.2. The monoisotopic (exact) mass is 301 g/mol. The van der Waals surface area contributed by atoms with E-state index in [0.717, 1.165) is 10.4 Å². The molecule has 0 spiro atoms. The van der Waals surface area contributed by atoms with Crippen molar-refractivity contribution in [3.8, 4) is 0 Å². The lowest BCUT2D eigenvalue weighted by Gasteiger charge is -2.25. The minimum Gasteiger partial charge on any atom is -0.481 e. The van der Waals surface area contributed by atoms with Crippen LogP contribution in [0.2, 0.25) is 0 Å². The number of halogens is 1. The minimum atomic E-state index is -3.82. The fourth-order valence-corrected chi connectivity index (χ4v) is 4.53. The molecular weight excluding hydrogens is 285 g/mol. The molecule has 110 valence electrons. The molecule has 1 aromatic carbocycles. The predicted octanol–water partition coefficient (Wildman–Crippen LogP) is 1.85. The van der Waals surface area contributed by atoms with E-state index in [-0.39, 0.29) is 5.69 Å². The van der Waals surface area contributed by atoms with Gasteiger partial charge in [-0.25, -0.2) is 12.8 Å². The van der Waals surface area contributed by atoms with Crippen molar-refractivity contribution in [3.05, 3.63) is 30.1 Å². The van der Waals surface area contributed by atoms with E-state index in [1.54, 1.807) is 0 Å². The van der Waals surface area contributed by atoms with Crippen LogP contribution < -0.4 is 4.31 Å². The zero-order valence-corrected chi connectivity index (χ0v) is 11.8. The Labute approximate surface area is 117 Å². The summed E-state index contributed by atoms with van der Waals surface area (Å²) >= 11 is 0. The number of hydrogen-bond donors (Lipinski definition) is 1. The molecule has 0 bridgehead atoms. The highest BCUT2D eigenvalue weighted by Gasteiger charge is 2.43. The normalized spacial score (nSPS) is 22.7. The first-order valence-electron chi connectivity index (χ1n) is 6.30. The van der Waals surface area contributed by atoms with Crippen molar-refractivity contribution in [2.75, 3.05) is 11.4 Å². The number of nitrogens with zero attached hydrogens (tertiary/aromatic N) is 1. The van der Waals surface area contributed by atoms with Crippen LogP contribution in [-0.4, -0.2) is 31.8 Å². The molecule has 0 amide bonds. The molecule has 1 aromatic rings. The molecule has 7 heteroatoms. The summed E-state index contributed by atoms with van der Waals surface area (Å²) in [5.41, 5.74) is 0.195. The van der Waals surface area contributed by atoms with Gasteiger partial charge >= 0.3 is 5.97 Å². The maximum Gasteiger partial charge on any atom is 0.307 e. The van der Waals surface area contributed by atoms with E-state index >= 15 is 0 Å². The highest BCUT2D eigenvalue weighted by molar-refractivity contribution is 7.93. The standard InChI is InChI=1S/C13H16FNO4S/c1-15(10-5-2-4-9(14)8-10)20(18,19)12-7-3-6-11(12)13(16)17/h2,4-5,8,11-12H,3,6-7H2,1H3,(H,16,17). The number of carbonyl (C=O) groups is 1. The summed E-state index contributed by atoms with van der Waals surface area (Å²) in [6.45, 7) is 0. The molecule has 1 aliphatic carbocycles. The van der Waals surface area contributed by atoms with Gasteiger partial charge < -0.3 is 5.11 Å². The van der Waals surface area contributed by atoms with E-state index in [4.69, 9.17) is 5.11 Å². The van der Waals surface area contributed by atoms with Gasteiger partial charge in [-0.15, -0.1) is 0 Å². The second-order valence-electron chi connectivity index (χ2n) is 4.91. The highest BCUT2D eigenvalue weighted by Crippen LogP contribution is 2.34. The third kappa shape index (κ3) is 2.63. The molecule has 0 saturated heterocycles. The number of carboxylic acids is 1. The molecule has 0 aliphatic heterocycles. The smallest absolute Gasteiger partial charge is 0.307 e. The van der Waals surface area contributed by atoms with Crippen LogP contribution >= 0.6 is 0 Å². The third-order valence-electron chi connectivity index (χ3n) is 3.71. The van der Waals surface area contributed by atoms with E-state index in [1.807, 2.05) is 0 Å². The SMILES string of the molecule is CN(c1cccc(F)c1)S(=O)(=O)C1CCCC1C(=O)O. The fraction of sp³-hybridized carbons (Fsp3) is 0.462. The Kier molecular flexibility index (Phi) is 3.99. The molecule has 1 N–H and O–H groups in total. The molecule has 1 aliphatic rings. The van der Waals surface area contributed by atoms with E-state index in [9.17, 15) is 17.6 Å². The zero-order valence-electron chi connectivity index (χ0n) is 11.0. The molecule has 2 rings (SSSR count). The number of benzene rings is 1. The number of anilines is 1. The van der Waals surface area contributed by atoms with Crippen molar-refractivity contribution in [2.24, 2.45) is 5.92 Å². The second kappa shape index (κ2) is 5.40. The van der Waals surface area contributed by atoms with Gasteiger partial charge in [0.15, 0.2) is 0 Å². The van der Waals surface area contributed by atoms with Crippen LogP contribution in [0, 0.1) is 11.7 Å². The Morgan fingerprint density at radius 1 is 1.40 bits per heavy atom. The van der Waals surface area contributed by atoms with Crippen molar-refractivity contribution >= 4 is 21.7 Å².